The number of furan rings is 1. The van der Waals surface area contributed by atoms with Crippen molar-refractivity contribution in [3.8, 4) is 0 Å². The summed E-state index contributed by atoms with van der Waals surface area (Å²) in [5, 5.41) is 7.12. The Morgan fingerprint density at radius 2 is 1.95 bits per heavy atom. The van der Waals surface area contributed by atoms with E-state index in [-0.39, 0.29) is 30.0 Å². The average molecular weight is 527 g/mol. The zero-order chi connectivity index (χ0) is 26.8. The van der Waals surface area contributed by atoms with Gasteiger partial charge in [0, 0.05) is 37.9 Å². The van der Waals surface area contributed by atoms with Crippen LogP contribution in [0.15, 0.2) is 29.0 Å². The Kier molecular flexibility index (Phi) is 7.74. The minimum atomic E-state index is -5.08. The number of halogens is 3. The number of ether oxygens (including phenoxy) is 2. The van der Waals surface area contributed by atoms with Crippen molar-refractivity contribution in [1.82, 2.24) is 14.9 Å². The van der Waals surface area contributed by atoms with E-state index in [1.54, 1.807) is 6.26 Å². The number of carbonyl (C=O) groups is 2. The summed E-state index contributed by atoms with van der Waals surface area (Å²) in [4.78, 5) is 35.5. The molecule has 1 N–H and O–H groups in total. The number of likely N-dealkylation sites (tertiary alicyclic amines) is 1. The number of carbonyl (C=O) groups excluding carboxylic acids is 1. The normalized spacial score (nSPS) is 25.4. The van der Waals surface area contributed by atoms with E-state index in [4.69, 9.17) is 28.8 Å². The number of alkyl halides is 3. The first-order chi connectivity index (χ1) is 17.5. The van der Waals surface area contributed by atoms with Gasteiger partial charge < -0.3 is 28.8 Å². The summed E-state index contributed by atoms with van der Waals surface area (Å²) in [6, 6.07) is 3.65. The predicted octanol–water partition coefficient (Wildman–Crippen LogP) is 2.56. The minimum Gasteiger partial charge on any atom is -0.475 e. The summed E-state index contributed by atoms with van der Waals surface area (Å²) < 4.78 is 48.9. The van der Waals surface area contributed by atoms with Crippen LogP contribution in [0.25, 0.3) is 0 Å². The molecule has 3 aliphatic heterocycles. The summed E-state index contributed by atoms with van der Waals surface area (Å²) in [5.41, 5.74) is 1.80. The van der Waals surface area contributed by atoms with Crippen LogP contribution < -0.4 is 4.90 Å². The van der Waals surface area contributed by atoms with Crippen LogP contribution in [0.2, 0.25) is 0 Å². The number of aliphatic carboxylic acids is 1. The quantitative estimate of drug-likeness (QED) is 0.644. The number of hydrogen-bond acceptors (Lipinski definition) is 8. The highest BCUT2D eigenvalue weighted by atomic mass is 19.4. The van der Waals surface area contributed by atoms with E-state index >= 15 is 0 Å². The van der Waals surface area contributed by atoms with Crippen LogP contribution in [0.4, 0.5) is 19.1 Å². The van der Waals surface area contributed by atoms with Gasteiger partial charge in [0.15, 0.2) is 0 Å². The topological polar surface area (TPSA) is 118 Å². The number of carboxylic acid groups (broad SMARTS) is 1. The Morgan fingerprint density at radius 3 is 2.57 bits per heavy atom. The fourth-order valence-electron chi connectivity index (χ4n) is 4.95. The van der Waals surface area contributed by atoms with E-state index in [1.165, 1.54) is 0 Å². The summed E-state index contributed by atoms with van der Waals surface area (Å²) in [6.45, 7) is 8.14. The van der Waals surface area contributed by atoms with E-state index in [0.29, 0.717) is 32.1 Å². The van der Waals surface area contributed by atoms with Crippen molar-refractivity contribution in [3.05, 3.63) is 41.6 Å². The lowest BCUT2D eigenvalue weighted by molar-refractivity contribution is -0.192. The molecule has 2 saturated heterocycles. The summed E-state index contributed by atoms with van der Waals surface area (Å²) in [6.07, 6.45) is -0.160. The third-order valence-corrected chi connectivity index (χ3v) is 6.55. The molecule has 2 aromatic heterocycles. The standard InChI is InChI=1S/C22H28N4O4.C2HF3O2/c1-15-10-26(11-16(2)30-15)21-23-9-17-12-28-14-22(20(17)24-21)5-6-25(13-22)19(27)8-18-4-3-7-29-18;3-2(4,5)1(6)7/h3-4,7,9,15-16H,5-6,8,10-14H2,1-2H3;(H,6,7)/t15?,16?,22-;/m0./s1. The first kappa shape index (κ1) is 26.9. The van der Waals surface area contributed by atoms with Crippen LogP contribution in [0.1, 0.15) is 37.3 Å². The van der Waals surface area contributed by atoms with Gasteiger partial charge in [0.05, 0.1) is 49.2 Å². The third-order valence-electron chi connectivity index (χ3n) is 6.55. The number of amides is 1. The third kappa shape index (κ3) is 6.21. The van der Waals surface area contributed by atoms with Crippen molar-refractivity contribution >= 4 is 17.8 Å². The summed E-state index contributed by atoms with van der Waals surface area (Å²) in [7, 11) is 0. The average Bonchev–Trinajstić information content (AvgIpc) is 3.49. The van der Waals surface area contributed by atoms with Crippen LogP contribution in [0.3, 0.4) is 0 Å². The van der Waals surface area contributed by atoms with Crippen molar-refractivity contribution < 1.29 is 41.8 Å². The lowest BCUT2D eigenvalue weighted by atomic mass is 9.80. The molecule has 0 radical (unpaired) electrons. The number of fused-ring (bicyclic) bond motifs is 2. The first-order valence-corrected chi connectivity index (χ1v) is 11.9. The van der Waals surface area contributed by atoms with Crippen molar-refractivity contribution in [2.45, 2.75) is 57.1 Å². The van der Waals surface area contributed by atoms with Crippen LogP contribution in [-0.4, -0.2) is 83.0 Å². The van der Waals surface area contributed by atoms with E-state index in [9.17, 15) is 18.0 Å². The Balaban J connectivity index is 0.000000405. The molecule has 2 unspecified atom stereocenters. The smallest absolute Gasteiger partial charge is 0.475 e. The molecule has 13 heteroatoms. The molecule has 0 saturated carbocycles. The summed E-state index contributed by atoms with van der Waals surface area (Å²) >= 11 is 0. The van der Waals surface area contributed by atoms with Crippen LogP contribution in [0, 0.1) is 0 Å². The zero-order valence-corrected chi connectivity index (χ0v) is 20.5. The highest BCUT2D eigenvalue weighted by molar-refractivity contribution is 5.78. The molecular weight excluding hydrogens is 497 g/mol. The fraction of sp³-hybridized carbons (Fsp3) is 0.583. The van der Waals surface area contributed by atoms with E-state index in [0.717, 1.165) is 36.7 Å². The van der Waals surface area contributed by atoms with Crippen LogP contribution in [-0.2, 0) is 37.5 Å². The second-order valence-electron chi connectivity index (χ2n) is 9.60. The molecule has 2 aromatic rings. The second-order valence-corrected chi connectivity index (χ2v) is 9.60. The largest absolute Gasteiger partial charge is 0.490 e. The van der Waals surface area contributed by atoms with Gasteiger partial charge >= 0.3 is 12.1 Å². The highest BCUT2D eigenvalue weighted by Gasteiger charge is 2.46. The van der Waals surface area contributed by atoms with Crippen molar-refractivity contribution in [3.63, 3.8) is 0 Å². The molecule has 1 amide bonds. The Hall–Kier alpha value is -3.19. The SMILES string of the molecule is CC1CN(c2ncc3c(n2)[C@]2(CCN(C(=O)Cc4ccco4)C2)COC3)CC(C)O1.O=C(O)C(F)(F)F. The van der Waals surface area contributed by atoms with Crippen molar-refractivity contribution in [2.75, 3.05) is 37.7 Å². The molecule has 3 atom stereocenters. The number of carboxylic acids is 1. The van der Waals surface area contributed by atoms with Gasteiger partial charge in [-0.15, -0.1) is 0 Å². The van der Waals surface area contributed by atoms with E-state index in [2.05, 4.69) is 23.7 Å². The lowest BCUT2D eigenvalue weighted by Crippen LogP contribution is -2.47. The second kappa shape index (κ2) is 10.7. The van der Waals surface area contributed by atoms with Crippen molar-refractivity contribution in [2.24, 2.45) is 0 Å². The Labute approximate surface area is 211 Å². The molecule has 1 spiro atoms. The predicted molar refractivity (Wildman–Crippen MR) is 123 cm³/mol. The number of rotatable bonds is 3. The number of nitrogens with zero attached hydrogens (tertiary/aromatic N) is 4. The molecule has 10 nitrogen and oxygen atoms in total. The fourth-order valence-corrected chi connectivity index (χ4v) is 4.95. The van der Waals surface area contributed by atoms with Gasteiger partial charge in [-0.25, -0.2) is 14.8 Å². The number of morpholine rings is 1. The van der Waals surface area contributed by atoms with E-state index in [1.807, 2.05) is 23.2 Å². The Bertz CT molecular complexity index is 1100. The maximum absolute atomic E-state index is 12.8. The van der Waals surface area contributed by atoms with E-state index < -0.39 is 12.1 Å². The molecule has 2 fully saturated rings. The van der Waals surface area contributed by atoms with Gasteiger partial charge in [-0.05, 0) is 32.4 Å². The molecule has 5 rings (SSSR count). The van der Waals surface area contributed by atoms with Gasteiger partial charge in [0.25, 0.3) is 0 Å². The molecular formula is C24H29F3N4O6. The first-order valence-electron chi connectivity index (χ1n) is 11.9. The van der Waals surface area contributed by atoms with Crippen LogP contribution in [0.5, 0.6) is 0 Å². The Morgan fingerprint density at radius 1 is 1.24 bits per heavy atom. The van der Waals surface area contributed by atoms with Crippen molar-refractivity contribution in [1.29, 1.82) is 0 Å². The molecule has 0 aliphatic carbocycles. The van der Waals surface area contributed by atoms with Gasteiger partial charge in [-0.3, -0.25) is 4.79 Å². The highest BCUT2D eigenvalue weighted by Crippen LogP contribution is 2.39. The van der Waals surface area contributed by atoms with Gasteiger partial charge in [-0.2, -0.15) is 13.2 Å². The monoisotopic (exact) mass is 526 g/mol. The molecule has 0 aromatic carbocycles. The molecule has 3 aliphatic rings. The van der Waals surface area contributed by atoms with Crippen LogP contribution >= 0.6 is 0 Å². The molecule has 37 heavy (non-hydrogen) atoms. The van der Waals surface area contributed by atoms with Gasteiger partial charge in [0.2, 0.25) is 11.9 Å². The maximum Gasteiger partial charge on any atom is 0.490 e. The minimum absolute atomic E-state index is 0.0825. The molecule has 0 bridgehead atoms. The summed E-state index contributed by atoms with van der Waals surface area (Å²) in [5.74, 6) is -1.23. The number of aromatic nitrogens is 2. The molecule has 5 heterocycles. The van der Waals surface area contributed by atoms with Gasteiger partial charge in [0.1, 0.15) is 5.76 Å². The van der Waals surface area contributed by atoms with Gasteiger partial charge in [-0.1, -0.05) is 0 Å². The zero-order valence-electron chi connectivity index (χ0n) is 20.5. The number of hydrogen-bond donors (Lipinski definition) is 1. The lowest BCUT2D eigenvalue weighted by Gasteiger charge is -2.38. The number of anilines is 1. The maximum atomic E-state index is 12.8. The molecule has 202 valence electrons.